The second kappa shape index (κ2) is 4.77. The lowest BCUT2D eigenvalue weighted by molar-refractivity contribution is -0.122. The topological polar surface area (TPSA) is 44.4 Å². The van der Waals surface area contributed by atoms with E-state index in [1.807, 2.05) is 12.1 Å². The highest BCUT2D eigenvalue weighted by molar-refractivity contribution is 5.87. The zero-order valence-corrected chi connectivity index (χ0v) is 11.6. The summed E-state index contributed by atoms with van der Waals surface area (Å²) in [6.07, 6.45) is 4.44. The summed E-state index contributed by atoms with van der Waals surface area (Å²) in [7, 11) is 0. The monoisotopic (exact) mass is 271 g/mol. The average molecular weight is 271 g/mol. The summed E-state index contributed by atoms with van der Waals surface area (Å²) in [4.78, 5) is 15.0. The number of rotatable bonds is 2. The van der Waals surface area contributed by atoms with Crippen molar-refractivity contribution in [1.82, 2.24) is 10.2 Å². The molecule has 0 aromatic heterocycles. The lowest BCUT2D eigenvalue weighted by Crippen LogP contribution is -2.48. The number of anilines is 1. The first-order valence-corrected chi connectivity index (χ1v) is 7.70. The first kappa shape index (κ1) is 12.2. The van der Waals surface area contributed by atoms with Gasteiger partial charge in [0.05, 0.1) is 0 Å². The molecule has 0 spiro atoms. The van der Waals surface area contributed by atoms with Crippen molar-refractivity contribution in [1.29, 1.82) is 0 Å². The van der Waals surface area contributed by atoms with Gasteiger partial charge in [0.25, 0.3) is 0 Å². The molecule has 3 aliphatic rings. The van der Waals surface area contributed by atoms with Crippen LogP contribution < -0.4 is 10.6 Å². The number of carbonyl (C=O) groups is 1. The first-order chi connectivity index (χ1) is 9.81. The Morgan fingerprint density at radius 1 is 1.25 bits per heavy atom. The van der Waals surface area contributed by atoms with Crippen molar-refractivity contribution in [2.24, 2.45) is 0 Å². The van der Waals surface area contributed by atoms with Crippen LogP contribution in [0.4, 0.5) is 5.69 Å². The number of nitrogens with one attached hydrogen (secondary N) is 2. The Morgan fingerprint density at radius 2 is 2.15 bits per heavy atom. The Balaban J connectivity index is 1.40. The maximum Gasteiger partial charge on any atom is 0.243 e. The van der Waals surface area contributed by atoms with Crippen LogP contribution >= 0.6 is 0 Å². The van der Waals surface area contributed by atoms with Crippen LogP contribution in [0, 0.1) is 0 Å². The van der Waals surface area contributed by atoms with Crippen LogP contribution in [-0.2, 0) is 11.2 Å². The summed E-state index contributed by atoms with van der Waals surface area (Å²) in [6.45, 7) is 2.36. The van der Waals surface area contributed by atoms with Gasteiger partial charge in [-0.3, -0.25) is 9.69 Å². The van der Waals surface area contributed by atoms with Crippen molar-refractivity contribution in [3.05, 3.63) is 29.8 Å². The molecule has 3 heterocycles. The molecule has 0 bridgehead atoms. The average Bonchev–Trinajstić information content (AvgIpc) is 3.13. The SMILES string of the molecule is O=C(NC1CCN2CCCC12)[C@@H]1Cc2ccccc2N1. The Morgan fingerprint density at radius 3 is 3.05 bits per heavy atom. The summed E-state index contributed by atoms with van der Waals surface area (Å²) in [5, 5.41) is 6.63. The van der Waals surface area contributed by atoms with E-state index in [-0.39, 0.29) is 11.9 Å². The number of benzene rings is 1. The van der Waals surface area contributed by atoms with E-state index in [1.165, 1.54) is 24.9 Å². The van der Waals surface area contributed by atoms with Crippen LogP contribution in [0.2, 0.25) is 0 Å². The van der Waals surface area contributed by atoms with Gasteiger partial charge in [-0.05, 0) is 37.4 Å². The van der Waals surface area contributed by atoms with Gasteiger partial charge in [-0.25, -0.2) is 0 Å². The Bertz CT molecular complexity index is 505. The van der Waals surface area contributed by atoms with Crippen molar-refractivity contribution >= 4 is 11.6 Å². The summed E-state index contributed by atoms with van der Waals surface area (Å²) in [5.74, 6) is 0.167. The minimum Gasteiger partial charge on any atom is -0.373 e. The highest BCUT2D eigenvalue weighted by Gasteiger charge is 2.39. The van der Waals surface area contributed by atoms with Crippen LogP contribution in [0.25, 0.3) is 0 Å². The molecule has 3 atom stereocenters. The molecule has 1 amide bonds. The third-order valence-electron chi connectivity index (χ3n) is 5.02. The number of nitrogens with zero attached hydrogens (tertiary/aromatic N) is 1. The molecule has 0 saturated carbocycles. The largest absolute Gasteiger partial charge is 0.373 e. The lowest BCUT2D eigenvalue weighted by Gasteiger charge is -2.23. The minimum absolute atomic E-state index is 0.0946. The van der Waals surface area contributed by atoms with Gasteiger partial charge in [0.15, 0.2) is 0 Å². The molecule has 1 aromatic rings. The van der Waals surface area contributed by atoms with Crippen molar-refractivity contribution in [2.75, 3.05) is 18.4 Å². The highest BCUT2D eigenvalue weighted by Crippen LogP contribution is 2.29. The Labute approximate surface area is 119 Å². The molecule has 20 heavy (non-hydrogen) atoms. The van der Waals surface area contributed by atoms with Gasteiger partial charge in [0.1, 0.15) is 6.04 Å². The molecule has 0 aliphatic carbocycles. The van der Waals surface area contributed by atoms with E-state index in [0.717, 1.165) is 25.1 Å². The molecule has 4 rings (SSSR count). The van der Waals surface area contributed by atoms with Crippen molar-refractivity contribution in [3.63, 3.8) is 0 Å². The van der Waals surface area contributed by atoms with Crippen LogP contribution in [-0.4, -0.2) is 42.0 Å². The standard InChI is InChI=1S/C16H21N3O/c20-16(14-10-11-4-1-2-5-12(11)17-14)18-13-7-9-19-8-3-6-15(13)19/h1-2,4-5,13-15,17H,3,6-10H2,(H,18,20)/t13?,14-,15?/m0/s1. The summed E-state index contributed by atoms with van der Waals surface area (Å²) >= 11 is 0. The number of para-hydroxylation sites is 1. The summed E-state index contributed by atoms with van der Waals surface area (Å²) < 4.78 is 0. The van der Waals surface area contributed by atoms with Gasteiger partial charge in [-0.1, -0.05) is 18.2 Å². The summed E-state index contributed by atoms with van der Waals surface area (Å²) in [5.41, 5.74) is 2.36. The number of hydrogen-bond donors (Lipinski definition) is 2. The van der Waals surface area contributed by atoms with Gasteiger partial charge in [0.2, 0.25) is 5.91 Å². The lowest BCUT2D eigenvalue weighted by atomic mass is 10.1. The van der Waals surface area contributed by atoms with Gasteiger partial charge >= 0.3 is 0 Å². The van der Waals surface area contributed by atoms with Gasteiger partial charge in [-0.15, -0.1) is 0 Å². The van der Waals surface area contributed by atoms with Crippen LogP contribution in [0.3, 0.4) is 0 Å². The molecule has 2 N–H and O–H groups in total. The van der Waals surface area contributed by atoms with E-state index >= 15 is 0 Å². The van der Waals surface area contributed by atoms with Crippen LogP contribution in [0.5, 0.6) is 0 Å². The van der Waals surface area contributed by atoms with Crippen LogP contribution in [0.15, 0.2) is 24.3 Å². The molecule has 1 aromatic carbocycles. The smallest absolute Gasteiger partial charge is 0.243 e. The van der Waals surface area contributed by atoms with E-state index in [4.69, 9.17) is 0 Å². The van der Waals surface area contributed by atoms with Gasteiger partial charge in [-0.2, -0.15) is 0 Å². The minimum atomic E-state index is -0.0946. The molecular weight excluding hydrogens is 250 g/mol. The maximum absolute atomic E-state index is 12.5. The highest BCUT2D eigenvalue weighted by atomic mass is 16.2. The molecule has 2 saturated heterocycles. The quantitative estimate of drug-likeness (QED) is 0.854. The van der Waals surface area contributed by atoms with Crippen molar-refractivity contribution in [3.8, 4) is 0 Å². The molecule has 2 unspecified atom stereocenters. The predicted octanol–water partition coefficient (Wildman–Crippen LogP) is 1.38. The number of hydrogen-bond acceptors (Lipinski definition) is 3. The number of amides is 1. The third-order valence-corrected chi connectivity index (χ3v) is 5.02. The second-order valence-electron chi connectivity index (χ2n) is 6.21. The first-order valence-electron chi connectivity index (χ1n) is 7.70. The van der Waals surface area contributed by atoms with Crippen LogP contribution in [0.1, 0.15) is 24.8 Å². The van der Waals surface area contributed by atoms with Gasteiger partial charge in [0, 0.05) is 30.7 Å². The fraction of sp³-hybridized carbons (Fsp3) is 0.562. The zero-order chi connectivity index (χ0) is 13.5. The van der Waals surface area contributed by atoms with E-state index in [2.05, 4.69) is 27.7 Å². The molecular formula is C16H21N3O. The Hall–Kier alpha value is -1.55. The molecule has 3 aliphatic heterocycles. The maximum atomic E-state index is 12.5. The fourth-order valence-electron chi connectivity index (χ4n) is 3.99. The second-order valence-corrected chi connectivity index (χ2v) is 6.21. The van der Waals surface area contributed by atoms with Crippen molar-refractivity contribution < 1.29 is 4.79 Å². The fourth-order valence-corrected chi connectivity index (χ4v) is 3.99. The number of carbonyl (C=O) groups excluding carboxylic acids is 1. The molecule has 4 heteroatoms. The molecule has 2 fully saturated rings. The van der Waals surface area contributed by atoms with E-state index in [9.17, 15) is 4.79 Å². The van der Waals surface area contributed by atoms with Crippen molar-refractivity contribution in [2.45, 2.75) is 43.8 Å². The number of fused-ring (bicyclic) bond motifs is 2. The molecule has 0 radical (unpaired) electrons. The van der Waals surface area contributed by atoms with E-state index < -0.39 is 0 Å². The molecule has 106 valence electrons. The normalized spacial score (nSPS) is 31.7. The predicted molar refractivity (Wildman–Crippen MR) is 78.7 cm³/mol. The third kappa shape index (κ3) is 1.99. The van der Waals surface area contributed by atoms with E-state index in [0.29, 0.717) is 12.1 Å². The Kier molecular flexibility index (Phi) is 2.91. The van der Waals surface area contributed by atoms with Gasteiger partial charge < -0.3 is 10.6 Å². The van der Waals surface area contributed by atoms with E-state index in [1.54, 1.807) is 0 Å². The summed E-state index contributed by atoms with van der Waals surface area (Å²) in [6, 6.07) is 9.05. The molecule has 4 nitrogen and oxygen atoms in total. The zero-order valence-electron chi connectivity index (χ0n) is 11.6.